The second kappa shape index (κ2) is 4.70. The summed E-state index contributed by atoms with van der Waals surface area (Å²) < 4.78 is 0. The lowest BCUT2D eigenvalue weighted by Crippen LogP contribution is -2.36. The summed E-state index contributed by atoms with van der Waals surface area (Å²) in [5.74, 6) is -0.896. The van der Waals surface area contributed by atoms with E-state index in [0.29, 0.717) is 6.42 Å². The van der Waals surface area contributed by atoms with E-state index in [9.17, 15) is 9.90 Å². The minimum Gasteiger partial charge on any atom is -0.481 e. The molecule has 0 amide bonds. The second-order valence-corrected chi connectivity index (χ2v) is 5.35. The Morgan fingerprint density at radius 1 is 1.42 bits per heavy atom. The molecule has 2 atom stereocenters. The molecule has 2 heterocycles. The fourth-order valence-electron chi connectivity index (χ4n) is 3.04. The van der Waals surface area contributed by atoms with Crippen molar-refractivity contribution in [2.75, 3.05) is 13.6 Å². The number of aliphatic carboxylic acids is 1. The highest BCUT2D eigenvalue weighted by Crippen LogP contribution is 2.36. The summed E-state index contributed by atoms with van der Waals surface area (Å²) in [5, 5.41) is 10.4. The van der Waals surface area contributed by atoms with Crippen LogP contribution in [-0.4, -0.2) is 34.6 Å². The monoisotopic (exact) mass is 258 g/mol. The number of fused-ring (bicyclic) bond motifs is 1. The van der Waals surface area contributed by atoms with Crippen molar-refractivity contribution >= 4 is 16.9 Å². The van der Waals surface area contributed by atoms with Crippen LogP contribution < -0.4 is 0 Å². The standard InChI is InChI=1S/C15H18N2O2/c1-17-7-6-10(15(18)19)8-14(17)12-9-16-13-5-3-2-4-11(12)13/h2-5,9-10,14,16H,6-8H2,1H3,(H,18,19)/t10-,14-/m0/s1. The van der Waals surface area contributed by atoms with Crippen molar-refractivity contribution in [2.45, 2.75) is 18.9 Å². The normalized spacial score (nSPS) is 24.7. The molecule has 4 heteroatoms. The zero-order chi connectivity index (χ0) is 13.4. The number of likely N-dealkylation sites (tertiary alicyclic amines) is 1. The van der Waals surface area contributed by atoms with Gasteiger partial charge in [-0.25, -0.2) is 0 Å². The lowest BCUT2D eigenvalue weighted by Gasteiger charge is -2.35. The number of hydrogen-bond donors (Lipinski definition) is 2. The maximum absolute atomic E-state index is 11.2. The van der Waals surface area contributed by atoms with Crippen LogP contribution >= 0.6 is 0 Å². The Morgan fingerprint density at radius 3 is 3.00 bits per heavy atom. The average Bonchev–Trinajstić information content (AvgIpc) is 2.83. The van der Waals surface area contributed by atoms with Gasteiger partial charge in [-0.2, -0.15) is 0 Å². The van der Waals surface area contributed by atoms with Crippen molar-refractivity contribution in [3.63, 3.8) is 0 Å². The number of carbonyl (C=O) groups is 1. The number of H-pyrrole nitrogens is 1. The van der Waals surface area contributed by atoms with Gasteiger partial charge in [0.15, 0.2) is 0 Å². The Kier molecular flexibility index (Phi) is 3.03. The molecular weight excluding hydrogens is 240 g/mol. The molecule has 0 radical (unpaired) electrons. The maximum atomic E-state index is 11.2. The largest absolute Gasteiger partial charge is 0.481 e. The SMILES string of the molecule is CN1CC[C@H](C(=O)O)C[C@H]1c1c[nH]c2ccccc12. The van der Waals surface area contributed by atoms with E-state index in [-0.39, 0.29) is 12.0 Å². The number of aromatic amines is 1. The summed E-state index contributed by atoms with van der Waals surface area (Å²) in [5.41, 5.74) is 2.33. The van der Waals surface area contributed by atoms with Crippen molar-refractivity contribution in [2.24, 2.45) is 5.92 Å². The highest BCUT2D eigenvalue weighted by molar-refractivity contribution is 5.83. The van der Waals surface area contributed by atoms with E-state index < -0.39 is 5.97 Å². The number of nitrogens with zero attached hydrogens (tertiary/aromatic N) is 1. The van der Waals surface area contributed by atoms with Gasteiger partial charge in [-0.15, -0.1) is 0 Å². The molecule has 1 aromatic heterocycles. The highest BCUT2D eigenvalue weighted by atomic mass is 16.4. The zero-order valence-corrected chi connectivity index (χ0v) is 11.0. The van der Waals surface area contributed by atoms with Gasteiger partial charge >= 0.3 is 5.97 Å². The molecule has 1 aliphatic rings. The number of rotatable bonds is 2. The Labute approximate surface area is 112 Å². The van der Waals surface area contributed by atoms with E-state index in [4.69, 9.17) is 0 Å². The Morgan fingerprint density at radius 2 is 2.21 bits per heavy atom. The maximum Gasteiger partial charge on any atom is 0.306 e. The summed E-state index contributed by atoms with van der Waals surface area (Å²) >= 11 is 0. The summed E-state index contributed by atoms with van der Waals surface area (Å²) in [4.78, 5) is 16.7. The fourth-order valence-corrected chi connectivity index (χ4v) is 3.04. The molecule has 1 saturated heterocycles. The second-order valence-electron chi connectivity index (χ2n) is 5.35. The third-order valence-electron chi connectivity index (χ3n) is 4.20. The van der Waals surface area contributed by atoms with Gasteiger partial charge in [0.2, 0.25) is 0 Å². The van der Waals surface area contributed by atoms with Gasteiger partial charge in [-0.3, -0.25) is 9.69 Å². The van der Waals surface area contributed by atoms with Gasteiger partial charge in [-0.1, -0.05) is 18.2 Å². The van der Waals surface area contributed by atoms with E-state index in [1.807, 2.05) is 18.3 Å². The van der Waals surface area contributed by atoms with E-state index in [1.165, 1.54) is 10.9 Å². The Balaban J connectivity index is 1.97. The van der Waals surface area contributed by atoms with Crippen LogP contribution in [0.2, 0.25) is 0 Å². The average molecular weight is 258 g/mol. The molecule has 4 nitrogen and oxygen atoms in total. The van der Waals surface area contributed by atoms with Crippen LogP contribution in [-0.2, 0) is 4.79 Å². The van der Waals surface area contributed by atoms with Gasteiger partial charge < -0.3 is 10.1 Å². The smallest absolute Gasteiger partial charge is 0.306 e. The number of piperidine rings is 1. The molecule has 0 bridgehead atoms. The Bertz CT molecular complexity index is 605. The van der Waals surface area contributed by atoms with Crippen LogP contribution in [0, 0.1) is 5.92 Å². The van der Waals surface area contributed by atoms with Crippen LogP contribution in [0.15, 0.2) is 30.5 Å². The zero-order valence-electron chi connectivity index (χ0n) is 11.0. The third kappa shape index (κ3) is 2.12. The molecule has 1 aliphatic heterocycles. The minimum atomic E-state index is -0.669. The topological polar surface area (TPSA) is 56.3 Å². The predicted molar refractivity (Wildman–Crippen MR) is 74.0 cm³/mol. The van der Waals surface area contributed by atoms with E-state index in [2.05, 4.69) is 29.1 Å². The van der Waals surface area contributed by atoms with Crippen LogP contribution in [0.4, 0.5) is 0 Å². The van der Waals surface area contributed by atoms with Crippen molar-refractivity contribution < 1.29 is 9.90 Å². The van der Waals surface area contributed by atoms with Crippen molar-refractivity contribution in [3.8, 4) is 0 Å². The number of carboxylic acids is 1. The number of para-hydroxylation sites is 1. The fraction of sp³-hybridized carbons (Fsp3) is 0.400. The first-order valence-corrected chi connectivity index (χ1v) is 6.66. The number of benzene rings is 1. The summed E-state index contributed by atoms with van der Waals surface area (Å²) in [6.45, 7) is 0.834. The predicted octanol–water partition coefficient (Wildman–Crippen LogP) is 2.64. The summed E-state index contributed by atoms with van der Waals surface area (Å²) in [6, 6.07) is 8.37. The summed E-state index contributed by atoms with van der Waals surface area (Å²) in [6.07, 6.45) is 3.45. The number of hydrogen-bond acceptors (Lipinski definition) is 2. The van der Waals surface area contributed by atoms with Crippen LogP contribution in [0.1, 0.15) is 24.4 Å². The molecule has 0 saturated carbocycles. The first-order valence-electron chi connectivity index (χ1n) is 6.66. The molecule has 0 unspecified atom stereocenters. The molecule has 2 N–H and O–H groups in total. The van der Waals surface area contributed by atoms with E-state index in [0.717, 1.165) is 18.5 Å². The Hall–Kier alpha value is -1.81. The van der Waals surface area contributed by atoms with Gasteiger partial charge in [-0.05, 0) is 38.1 Å². The molecule has 2 aromatic rings. The van der Waals surface area contributed by atoms with Gasteiger partial charge in [0.1, 0.15) is 0 Å². The molecule has 0 spiro atoms. The van der Waals surface area contributed by atoms with Gasteiger partial charge in [0, 0.05) is 23.1 Å². The minimum absolute atomic E-state index is 0.186. The summed E-state index contributed by atoms with van der Waals surface area (Å²) in [7, 11) is 2.07. The first-order chi connectivity index (χ1) is 9.16. The number of carboxylic acid groups (broad SMARTS) is 1. The number of nitrogens with one attached hydrogen (secondary N) is 1. The van der Waals surface area contributed by atoms with Crippen molar-refractivity contribution in [3.05, 3.63) is 36.0 Å². The quantitative estimate of drug-likeness (QED) is 0.870. The van der Waals surface area contributed by atoms with Gasteiger partial charge in [0.25, 0.3) is 0 Å². The molecule has 19 heavy (non-hydrogen) atoms. The molecule has 1 fully saturated rings. The molecule has 1 aromatic carbocycles. The molecule has 100 valence electrons. The van der Waals surface area contributed by atoms with Crippen molar-refractivity contribution in [1.29, 1.82) is 0 Å². The van der Waals surface area contributed by atoms with Gasteiger partial charge in [0.05, 0.1) is 5.92 Å². The third-order valence-corrected chi connectivity index (χ3v) is 4.20. The first kappa shape index (κ1) is 12.2. The molecule has 0 aliphatic carbocycles. The molecular formula is C15H18N2O2. The van der Waals surface area contributed by atoms with Crippen LogP contribution in [0.5, 0.6) is 0 Å². The van der Waals surface area contributed by atoms with E-state index in [1.54, 1.807) is 0 Å². The number of aromatic nitrogens is 1. The van der Waals surface area contributed by atoms with E-state index >= 15 is 0 Å². The highest BCUT2D eigenvalue weighted by Gasteiger charge is 2.32. The lowest BCUT2D eigenvalue weighted by molar-refractivity contribution is -0.144. The lowest BCUT2D eigenvalue weighted by atomic mass is 9.87. The van der Waals surface area contributed by atoms with Crippen LogP contribution in [0.3, 0.4) is 0 Å². The van der Waals surface area contributed by atoms with Crippen LogP contribution in [0.25, 0.3) is 10.9 Å². The van der Waals surface area contributed by atoms with Crippen molar-refractivity contribution in [1.82, 2.24) is 9.88 Å². The molecule has 3 rings (SSSR count).